The highest BCUT2D eigenvalue weighted by molar-refractivity contribution is 7.99. The first-order chi connectivity index (χ1) is 8.77. The minimum Gasteiger partial charge on any atom is -0.388 e. The zero-order valence-corrected chi connectivity index (χ0v) is 12.3. The molecule has 0 unspecified atom stereocenters. The molecule has 0 bridgehead atoms. The zero-order chi connectivity index (χ0) is 13.2. The molecule has 0 saturated carbocycles. The molecule has 2 nitrogen and oxygen atoms in total. The van der Waals surface area contributed by atoms with Crippen LogP contribution < -0.4 is 0 Å². The van der Waals surface area contributed by atoms with E-state index in [-0.39, 0.29) is 6.10 Å². The molecule has 18 heavy (non-hydrogen) atoms. The third kappa shape index (κ3) is 5.89. The maximum Gasteiger partial charge on any atom is 0.0880 e. The number of aliphatic hydroxyl groups is 1. The quantitative estimate of drug-likeness (QED) is 0.695. The van der Waals surface area contributed by atoms with Crippen molar-refractivity contribution in [2.24, 2.45) is 0 Å². The zero-order valence-electron chi connectivity index (χ0n) is 11.5. The fourth-order valence-corrected chi connectivity index (χ4v) is 2.81. The Bertz CT molecular complexity index is 301. The van der Waals surface area contributed by atoms with Gasteiger partial charge < -0.3 is 10.0 Å². The Hall–Kier alpha value is -0.510. The second-order valence-corrected chi connectivity index (χ2v) is 5.53. The van der Waals surface area contributed by atoms with Crippen LogP contribution in [0.4, 0.5) is 0 Å². The summed E-state index contributed by atoms with van der Waals surface area (Å²) in [6.45, 7) is 7.84. The molecular formula is C15H25NOS. The van der Waals surface area contributed by atoms with Crippen molar-refractivity contribution in [2.75, 3.05) is 31.1 Å². The van der Waals surface area contributed by atoms with Gasteiger partial charge in [-0.3, -0.25) is 0 Å². The molecule has 0 spiro atoms. The second kappa shape index (κ2) is 9.42. The SMILES string of the molecule is CCN(CC)CCCSC[C@H](O)c1ccccc1. The van der Waals surface area contributed by atoms with Crippen LogP contribution >= 0.6 is 11.8 Å². The normalized spacial score (nSPS) is 12.9. The van der Waals surface area contributed by atoms with Crippen molar-refractivity contribution in [3.63, 3.8) is 0 Å². The minimum absolute atomic E-state index is 0.329. The van der Waals surface area contributed by atoms with E-state index in [9.17, 15) is 5.11 Å². The van der Waals surface area contributed by atoms with Gasteiger partial charge in [-0.2, -0.15) is 11.8 Å². The molecule has 102 valence electrons. The highest BCUT2D eigenvalue weighted by Gasteiger charge is 2.06. The third-order valence-corrected chi connectivity index (χ3v) is 4.25. The molecule has 1 rings (SSSR count). The Kier molecular flexibility index (Phi) is 8.14. The first kappa shape index (κ1) is 15.5. The van der Waals surface area contributed by atoms with E-state index >= 15 is 0 Å². The molecule has 3 heteroatoms. The predicted molar refractivity (Wildman–Crippen MR) is 81.1 cm³/mol. The number of rotatable bonds is 9. The summed E-state index contributed by atoms with van der Waals surface area (Å²) in [5, 5.41) is 9.99. The molecule has 0 aliphatic rings. The Balaban J connectivity index is 2.11. The predicted octanol–water partition coefficient (Wildman–Crippen LogP) is 3.19. The van der Waals surface area contributed by atoms with Crippen LogP contribution in [0.1, 0.15) is 31.9 Å². The van der Waals surface area contributed by atoms with Crippen LogP contribution in [0, 0.1) is 0 Å². The van der Waals surface area contributed by atoms with E-state index in [0.29, 0.717) is 0 Å². The van der Waals surface area contributed by atoms with E-state index in [2.05, 4.69) is 18.7 Å². The fraction of sp³-hybridized carbons (Fsp3) is 0.600. The lowest BCUT2D eigenvalue weighted by Gasteiger charge is -2.17. The van der Waals surface area contributed by atoms with Crippen LogP contribution in [0.2, 0.25) is 0 Å². The van der Waals surface area contributed by atoms with Crippen LogP contribution in [0.5, 0.6) is 0 Å². The first-order valence-electron chi connectivity index (χ1n) is 6.81. The maximum atomic E-state index is 9.99. The lowest BCUT2D eigenvalue weighted by Crippen LogP contribution is -2.24. The molecule has 0 radical (unpaired) electrons. The van der Waals surface area contributed by atoms with E-state index in [1.165, 1.54) is 13.0 Å². The van der Waals surface area contributed by atoms with Gasteiger partial charge in [-0.1, -0.05) is 44.2 Å². The molecule has 1 N–H and O–H groups in total. The van der Waals surface area contributed by atoms with Gasteiger partial charge in [0, 0.05) is 5.75 Å². The Morgan fingerprint density at radius 1 is 1.17 bits per heavy atom. The van der Waals surface area contributed by atoms with Crippen LogP contribution in [-0.4, -0.2) is 41.1 Å². The molecule has 0 fully saturated rings. The average Bonchev–Trinajstić information content (AvgIpc) is 2.43. The molecule has 0 heterocycles. The van der Waals surface area contributed by atoms with Crippen LogP contribution in [0.3, 0.4) is 0 Å². The van der Waals surface area contributed by atoms with Gasteiger partial charge >= 0.3 is 0 Å². The number of aliphatic hydroxyl groups excluding tert-OH is 1. The van der Waals surface area contributed by atoms with Crippen molar-refractivity contribution in [2.45, 2.75) is 26.4 Å². The third-order valence-electron chi connectivity index (χ3n) is 3.12. The number of hydrogen-bond acceptors (Lipinski definition) is 3. The summed E-state index contributed by atoms with van der Waals surface area (Å²) in [5.41, 5.74) is 1.02. The topological polar surface area (TPSA) is 23.5 Å². The van der Waals surface area contributed by atoms with Crippen molar-refractivity contribution >= 4 is 11.8 Å². The number of thioether (sulfide) groups is 1. The van der Waals surface area contributed by atoms with Gasteiger partial charge in [0.2, 0.25) is 0 Å². The molecule has 0 saturated heterocycles. The lowest BCUT2D eigenvalue weighted by atomic mass is 10.1. The van der Waals surface area contributed by atoms with Crippen molar-refractivity contribution in [1.29, 1.82) is 0 Å². The standard InChI is InChI=1S/C15H25NOS/c1-3-16(4-2)11-8-12-18-13-15(17)14-9-6-5-7-10-14/h5-7,9-10,15,17H,3-4,8,11-13H2,1-2H3/t15-/m0/s1. The molecule has 0 aliphatic carbocycles. The van der Waals surface area contributed by atoms with Gasteiger partial charge in [-0.25, -0.2) is 0 Å². The summed E-state index contributed by atoms with van der Waals surface area (Å²) >= 11 is 1.84. The summed E-state index contributed by atoms with van der Waals surface area (Å²) in [5.74, 6) is 1.92. The molecule has 0 aromatic heterocycles. The second-order valence-electron chi connectivity index (χ2n) is 4.38. The number of nitrogens with zero attached hydrogens (tertiary/aromatic N) is 1. The van der Waals surface area contributed by atoms with Crippen molar-refractivity contribution in [3.05, 3.63) is 35.9 Å². The lowest BCUT2D eigenvalue weighted by molar-refractivity contribution is 0.204. The van der Waals surface area contributed by atoms with Crippen LogP contribution in [-0.2, 0) is 0 Å². The smallest absolute Gasteiger partial charge is 0.0880 e. The van der Waals surface area contributed by atoms with E-state index < -0.39 is 0 Å². The fourth-order valence-electron chi connectivity index (χ4n) is 1.90. The Morgan fingerprint density at radius 3 is 2.44 bits per heavy atom. The van der Waals surface area contributed by atoms with Crippen LogP contribution in [0.25, 0.3) is 0 Å². The molecule has 0 amide bonds. The van der Waals surface area contributed by atoms with Crippen molar-refractivity contribution in [3.8, 4) is 0 Å². The van der Waals surface area contributed by atoms with Gasteiger partial charge in [0.25, 0.3) is 0 Å². The van der Waals surface area contributed by atoms with E-state index in [4.69, 9.17) is 0 Å². The number of hydrogen-bond donors (Lipinski definition) is 1. The van der Waals surface area contributed by atoms with Crippen molar-refractivity contribution < 1.29 is 5.11 Å². The van der Waals surface area contributed by atoms with E-state index in [0.717, 1.165) is 30.2 Å². The summed E-state index contributed by atoms with van der Waals surface area (Å²) < 4.78 is 0. The molecule has 1 aromatic rings. The minimum atomic E-state index is -0.329. The van der Waals surface area contributed by atoms with Gasteiger partial charge in [0.05, 0.1) is 6.10 Å². The highest BCUT2D eigenvalue weighted by atomic mass is 32.2. The van der Waals surface area contributed by atoms with Gasteiger partial charge in [-0.05, 0) is 37.4 Å². The monoisotopic (exact) mass is 267 g/mol. The molecule has 1 atom stereocenters. The van der Waals surface area contributed by atoms with Gasteiger partial charge in [-0.15, -0.1) is 0 Å². The Labute approximate surface area is 115 Å². The molecule has 0 aliphatic heterocycles. The van der Waals surface area contributed by atoms with Gasteiger partial charge in [0.1, 0.15) is 0 Å². The maximum absolute atomic E-state index is 9.99. The largest absolute Gasteiger partial charge is 0.388 e. The summed E-state index contributed by atoms with van der Waals surface area (Å²) in [6, 6.07) is 9.91. The number of benzene rings is 1. The first-order valence-corrected chi connectivity index (χ1v) is 7.96. The van der Waals surface area contributed by atoms with E-state index in [1.54, 1.807) is 0 Å². The van der Waals surface area contributed by atoms with Gasteiger partial charge in [0.15, 0.2) is 0 Å². The Morgan fingerprint density at radius 2 is 1.83 bits per heavy atom. The summed E-state index contributed by atoms with van der Waals surface area (Å²) in [7, 11) is 0. The van der Waals surface area contributed by atoms with E-state index in [1.807, 2.05) is 42.1 Å². The molecular weight excluding hydrogens is 242 g/mol. The average molecular weight is 267 g/mol. The van der Waals surface area contributed by atoms with Crippen molar-refractivity contribution in [1.82, 2.24) is 4.90 Å². The molecule has 1 aromatic carbocycles. The highest BCUT2D eigenvalue weighted by Crippen LogP contribution is 2.18. The summed E-state index contributed by atoms with van der Waals surface area (Å²) in [6.07, 6.45) is 0.873. The van der Waals surface area contributed by atoms with Crippen LogP contribution in [0.15, 0.2) is 30.3 Å². The summed E-state index contributed by atoms with van der Waals surface area (Å²) in [4.78, 5) is 2.44.